The summed E-state index contributed by atoms with van der Waals surface area (Å²) in [5.41, 5.74) is -0.147. The van der Waals surface area contributed by atoms with Gasteiger partial charge in [0.15, 0.2) is 11.3 Å². The zero-order chi connectivity index (χ0) is 16.4. The van der Waals surface area contributed by atoms with Gasteiger partial charge in [0.25, 0.3) is 0 Å². The van der Waals surface area contributed by atoms with Crippen LogP contribution in [0, 0.1) is 18.3 Å². The lowest BCUT2D eigenvalue weighted by Crippen LogP contribution is -2.41. The maximum Gasteiger partial charge on any atom is 0.361 e. The summed E-state index contributed by atoms with van der Waals surface area (Å²) >= 11 is 0. The third kappa shape index (κ3) is 2.72. The Morgan fingerprint density at radius 3 is 2.70 bits per heavy atom. The molecule has 1 aliphatic carbocycles. The average molecular weight is 312 g/mol. The number of carbonyl (C=O) groups is 1. The molecule has 5 heteroatoms. The summed E-state index contributed by atoms with van der Waals surface area (Å²) in [6, 6.07) is 9.24. The monoisotopic (exact) mass is 312 g/mol. The highest BCUT2D eigenvalue weighted by molar-refractivity contribution is 5.88. The van der Waals surface area contributed by atoms with Gasteiger partial charge >= 0.3 is 5.97 Å². The zero-order valence-corrected chi connectivity index (χ0v) is 12.8. The van der Waals surface area contributed by atoms with Crippen LogP contribution in [-0.2, 0) is 4.74 Å². The summed E-state index contributed by atoms with van der Waals surface area (Å²) in [5.74, 6) is 0.906. The van der Waals surface area contributed by atoms with Gasteiger partial charge in [-0.15, -0.1) is 6.42 Å². The molecule has 1 aromatic carbocycles. The molecule has 0 N–H and O–H groups in total. The van der Waals surface area contributed by atoms with Gasteiger partial charge in [0.1, 0.15) is 0 Å². The Hall–Kier alpha value is -2.61. The quantitative estimate of drug-likeness (QED) is 0.642. The molecule has 118 valence electrons. The van der Waals surface area contributed by atoms with Gasteiger partial charge in [-0.3, -0.25) is 0 Å². The molecule has 2 aromatic rings. The van der Waals surface area contributed by atoms with Crippen LogP contribution in [-0.4, -0.2) is 21.1 Å². The standard InChI is InChI=1S/C18H17FN2O2/c1-3-18(10-7-11-18)23-17(22)15-16(19)20-12-21(15)13(2)14-8-5-4-6-9-14/h1,4-6,8-9,12-13H,7,10-11H2,2H3/t13-/m1/s1. The molecule has 0 amide bonds. The Labute approximate surface area is 134 Å². The van der Waals surface area contributed by atoms with Crippen LogP contribution in [0.5, 0.6) is 0 Å². The molecule has 1 heterocycles. The molecule has 3 rings (SSSR count). The number of carbonyl (C=O) groups excluding carboxylic acids is 1. The lowest BCUT2D eigenvalue weighted by Gasteiger charge is -2.36. The van der Waals surface area contributed by atoms with E-state index < -0.39 is 17.5 Å². The minimum absolute atomic E-state index is 0.192. The van der Waals surface area contributed by atoms with E-state index >= 15 is 0 Å². The Kier molecular flexibility index (Phi) is 3.91. The minimum atomic E-state index is -0.894. The number of rotatable bonds is 4. The van der Waals surface area contributed by atoms with E-state index in [9.17, 15) is 9.18 Å². The molecule has 1 aliphatic rings. The van der Waals surface area contributed by atoms with E-state index in [0.717, 1.165) is 12.0 Å². The number of aromatic nitrogens is 2. The SMILES string of the molecule is C#CC1(OC(=O)c2c(F)ncn2[C@H](C)c2ccccc2)CCC1. The second-order valence-electron chi connectivity index (χ2n) is 5.76. The summed E-state index contributed by atoms with van der Waals surface area (Å²) < 4.78 is 20.9. The van der Waals surface area contributed by atoms with Crippen molar-refractivity contribution in [3.8, 4) is 12.3 Å². The molecular weight excluding hydrogens is 295 g/mol. The number of benzene rings is 1. The van der Waals surface area contributed by atoms with Gasteiger partial charge in [0.05, 0.1) is 12.4 Å². The Bertz CT molecular complexity index is 757. The van der Waals surface area contributed by atoms with Crippen molar-refractivity contribution in [2.24, 2.45) is 0 Å². The molecule has 0 spiro atoms. The van der Waals surface area contributed by atoms with Crippen LogP contribution in [0.4, 0.5) is 4.39 Å². The van der Waals surface area contributed by atoms with Crippen molar-refractivity contribution in [3.05, 3.63) is 53.9 Å². The fraction of sp³-hybridized carbons (Fsp3) is 0.333. The zero-order valence-electron chi connectivity index (χ0n) is 12.8. The van der Waals surface area contributed by atoms with Crippen LogP contribution < -0.4 is 0 Å². The Balaban J connectivity index is 1.90. The van der Waals surface area contributed by atoms with Crippen molar-refractivity contribution in [1.29, 1.82) is 0 Å². The predicted octanol–water partition coefficient (Wildman–Crippen LogP) is 3.34. The van der Waals surface area contributed by atoms with Gasteiger partial charge in [-0.25, -0.2) is 9.78 Å². The highest BCUT2D eigenvalue weighted by Crippen LogP contribution is 2.36. The molecule has 0 saturated heterocycles. The number of terminal acetylenes is 1. The van der Waals surface area contributed by atoms with Crippen molar-refractivity contribution in [2.45, 2.75) is 37.8 Å². The van der Waals surface area contributed by atoms with E-state index in [2.05, 4.69) is 10.9 Å². The molecule has 0 radical (unpaired) electrons. The van der Waals surface area contributed by atoms with E-state index in [1.165, 1.54) is 10.9 Å². The summed E-state index contributed by atoms with van der Waals surface area (Å²) in [5, 5.41) is 0. The van der Waals surface area contributed by atoms with Gasteiger partial charge in [0.2, 0.25) is 5.95 Å². The van der Waals surface area contributed by atoms with Crippen LogP contribution >= 0.6 is 0 Å². The maximum absolute atomic E-state index is 14.1. The third-order valence-electron chi connectivity index (χ3n) is 4.35. The lowest BCUT2D eigenvalue weighted by atomic mass is 9.81. The van der Waals surface area contributed by atoms with Crippen molar-refractivity contribution in [3.63, 3.8) is 0 Å². The molecule has 23 heavy (non-hydrogen) atoms. The summed E-state index contributed by atoms with van der Waals surface area (Å²) in [6.45, 7) is 1.87. The number of hydrogen-bond donors (Lipinski definition) is 0. The second kappa shape index (κ2) is 5.88. The van der Waals surface area contributed by atoms with Gasteiger partial charge in [0, 0.05) is 0 Å². The molecule has 1 fully saturated rings. The molecule has 4 nitrogen and oxygen atoms in total. The topological polar surface area (TPSA) is 44.1 Å². The number of imidazole rings is 1. The number of esters is 1. The van der Waals surface area contributed by atoms with E-state index in [-0.39, 0.29) is 11.7 Å². The average Bonchev–Trinajstić information content (AvgIpc) is 2.92. The van der Waals surface area contributed by atoms with Gasteiger partial charge in [-0.05, 0) is 31.7 Å². The molecule has 1 atom stereocenters. The summed E-state index contributed by atoms with van der Waals surface area (Å²) in [4.78, 5) is 16.1. The fourth-order valence-corrected chi connectivity index (χ4v) is 2.71. The number of ether oxygens (including phenoxy) is 1. The van der Waals surface area contributed by atoms with Crippen LogP contribution in [0.3, 0.4) is 0 Å². The minimum Gasteiger partial charge on any atom is -0.441 e. The molecule has 0 aliphatic heterocycles. The maximum atomic E-state index is 14.1. The van der Waals surface area contributed by atoms with E-state index in [0.29, 0.717) is 12.8 Å². The van der Waals surface area contributed by atoms with Crippen LogP contribution in [0.2, 0.25) is 0 Å². The van der Waals surface area contributed by atoms with Gasteiger partial charge < -0.3 is 9.30 Å². The smallest absolute Gasteiger partial charge is 0.361 e. The van der Waals surface area contributed by atoms with Crippen LogP contribution in [0.25, 0.3) is 0 Å². The van der Waals surface area contributed by atoms with Crippen molar-refractivity contribution < 1.29 is 13.9 Å². The Morgan fingerprint density at radius 2 is 2.13 bits per heavy atom. The first-order valence-corrected chi connectivity index (χ1v) is 7.55. The van der Waals surface area contributed by atoms with Gasteiger partial charge in [-0.1, -0.05) is 36.3 Å². The van der Waals surface area contributed by atoms with Crippen LogP contribution in [0.15, 0.2) is 36.7 Å². The number of hydrogen-bond acceptors (Lipinski definition) is 3. The van der Waals surface area contributed by atoms with E-state index in [4.69, 9.17) is 11.2 Å². The third-order valence-corrected chi connectivity index (χ3v) is 4.35. The fourth-order valence-electron chi connectivity index (χ4n) is 2.71. The summed E-state index contributed by atoms with van der Waals surface area (Å²) in [6.07, 6.45) is 8.89. The lowest BCUT2D eigenvalue weighted by molar-refractivity contribution is -0.0272. The molecular formula is C18H17FN2O2. The predicted molar refractivity (Wildman–Crippen MR) is 83.3 cm³/mol. The summed E-state index contributed by atoms with van der Waals surface area (Å²) in [7, 11) is 0. The van der Waals surface area contributed by atoms with Crippen molar-refractivity contribution >= 4 is 5.97 Å². The number of halogens is 1. The Morgan fingerprint density at radius 1 is 1.43 bits per heavy atom. The first-order valence-electron chi connectivity index (χ1n) is 7.55. The molecule has 0 bridgehead atoms. The second-order valence-corrected chi connectivity index (χ2v) is 5.76. The van der Waals surface area contributed by atoms with Gasteiger partial charge in [-0.2, -0.15) is 4.39 Å². The molecule has 1 saturated carbocycles. The van der Waals surface area contributed by atoms with Crippen LogP contribution in [0.1, 0.15) is 48.3 Å². The van der Waals surface area contributed by atoms with Crippen molar-refractivity contribution in [1.82, 2.24) is 9.55 Å². The molecule has 1 aromatic heterocycles. The normalized spacial score (nSPS) is 16.9. The number of nitrogens with zero attached hydrogens (tertiary/aromatic N) is 2. The molecule has 0 unspecified atom stereocenters. The van der Waals surface area contributed by atoms with E-state index in [1.54, 1.807) is 0 Å². The highest BCUT2D eigenvalue weighted by atomic mass is 19.1. The van der Waals surface area contributed by atoms with Crippen molar-refractivity contribution in [2.75, 3.05) is 0 Å². The first kappa shape index (κ1) is 15.3. The largest absolute Gasteiger partial charge is 0.441 e. The highest BCUT2D eigenvalue weighted by Gasteiger charge is 2.40. The first-order chi connectivity index (χ1) is 11.1. The van der Waals surface area contributed by atoms with E-state index in [1.807, 2.05) is 37.3 Å².